The van der Waals surface area contributed by atoms with Crippen LogP contribution in [0.25, 0.3) is 6.08 Å². The van der Waals surface area contributed by atoms with Gasteiger partial charge in [-0.3, -0.25) is 4.79 Å². The Morgan fingerprint density at radius 2 is 1.73 bits per heavy atom. The largest absolute Gasteiger partial charge is 0.489 e. The molecule has 0 unspecified atom stereocenters. The molecule has 3 nitrogen and oxygen atoms in total. The van der Waals surface area contributed by atoms with E-state index in [9.17, 15) is 4.79 Å². The van der Waals surface area contributed by atoms with Crippen LogP contribution in [0.1, 0.15) is 11.1 Å². The van der Waals surface area contributed by atoms with Gasteiger partial charge in [0.15, 0.2) is 0 Å². The molecule has 3 aromatic rings. The second-order valence-corrected chi connectivity index (χ2v) is 6.11. The fourth-order valence-electron chi connectivity index (χ4n) is 2.33. The highest BCUT2D eigenvalue weighted by Crippen LogP contribution is 2.19. The Labute approximate surface area is 157 Å². The van der Waals surface area contributed by atoms with E-state index in [-0.39, 0.29) is 5.91 Å². The third kappa shape index (κ3) is 5.50. The highest BCUT2D eigenvalue weighted by atomic mass is 35.5. The molecule has 0 fully saturated rings. The molecule has 0 spiro atoms. The van der Waals surface area contributed by atoms with Crippen molar-refractivity contribution in [1.29, 1.82) is 0 Å². The molecule has 0 heterocycles. The van der Waals surface area contributed by atoms with Crippen LogP contribution in [-0.2, 0) is 11.4 Å². The summed E-state index contributed by atoms with van der Waals surface area (Å²) in [5, 5.41) is 3.50. The normalized spacial score (nSPS) is 10.7. The van der Waals surface area contributed by atoms with Crippen molar-refractivity contribution >= 4 is 29.3 Å². The van der Waals surface area contributed by atoms with Gasteiger partial charge in [-0.05, 0) is 41.5 Å². The number of rotatable bonds is 6. The molecule has 0 aliphatic carbocycles. The zero-order chi connectivity index (χ0) is 18.2. The van der Waals surface area contributed by atoms with E-state index in [1.165, 1.54) is 6.08 Å². The minimum atomic E-state index is -0.208. The summed E-state index contributed by atoms with van der Waals surface area (Å²) < 4.78 is 5.77. The van der Waals surface area contributed by atoms with E-state index in [4.69, 9.17) is 16.3 Å². The molecule has 3 aromatic carbocycles. The van der Waals surface area contributed by atoms with Crippen LogP contribution in [0.15, 0.2) is 84.9 Å². The molecular weight excluding hydrogens is 346 g/mol. The average Bonchev–Trinajstić information content (AvgIpc) is 2.67. The number of halogens is 1. The minimum Gasteiger partial charge on any atom is -0.489 e. The van der Waals surface area contributed by atoms with E-state index in [1.807, 2.05) is 60.7 Å². The quantitative estimate of drug-likeness (QED) is 0.581. The highest BCUT2D eigenvalue weighted by Gasteiger charge is 2.01. The monoisotopic (exact) mass is 363 g/mol. The van der Waals surface area contributed by atoms with Gasteiger partial charge in [0.1, 0.15) is 12.4 Å². The fourth-order valence-corrected chi connectivity index (χ4v) is 2.46. The van der Waals surface area contributed by atoms with E-state index >= 15 is 0 Å². The van der Waals surface area contributed by atoms with E-state index < -0.39 is 0 Å². The Balaban J connectivity index is 1.57. The molecule has 0 radical (unpaired) electrons. The van der Waals surface area contributed by atoms with Crippen molar-refractivity contribution < 1.29 is 9.53 Å². The lowest BCUT2D eigenvalue weighted by atomic mass is 10.2. The van der Waals surface area contributed by atoms with Crippen LogP contribution in [0.4, 0.5) is 5.69 Å². The summed E-state index contributed by atoms with van der Waals surface area (Å²) in [6.07, 6.45) is 3.22. The Bertz CT molecular complexity index is 890. The smallest absolute Gasteiger partial charge is 0.248 e. The van der Waals surface area contributed by atoms with Gasteiger partial charge < -0.3 is 10.1 Å². The molecule has 0 saturated carbocycles. The first kappa shape index (κ1) is 17.8. The van der Waals surface area contributed by atoms with Crippen molar-refractivity contribution in [3.63, 3.8) is 0 Å². The van der Waals surface area contributed by atoms with Gasteiger partial charge in [0.2, 0.25) is 5.91 Å². The van der Waals surface area contributed by atoms with Gasteiger partial charge in [-0.1, -0.05) is 60.1 Å². The molecule has 26 heavy (non-hydrogen) atoms. The van der Waals surface area contributed by atoms with Crippen molar-refractivity contribution in [3.05, 3.63) is 101 Å². The third-order valence-electron chi connectivity index (χ3n) is 3.65. The fraction of sp³-hybridized carbons (Fsp3) is 0.0455. The van der Waals surface area contributed by atoms with Crippen LogP contribution in [0.5, 0.6) is 5.75 Å². The van der Waals surface area contributed by atoms with Crippen LogP contribution in [0.2, 0.25) is 5.02 Å². The molecular formula is C22H18ClNO2. The van der Waals surface area contributed by atoms with Crippen molar-refractivity contribution in [2.75, 3.05) is 5.32 Å². The predicted octanol–water partition coefficient (Wildman–Crippen LogP) is 5.57. The number of carbonyl (C=O) groups is 1. The number of hydrogen-bond acceptors (Lipinski definition) is 2. The molecule has 0 atom stereocenters. The van der Waals surface area contributed by atoms with Crippen molar-refractivity contribution in [3.8, 4) is 5.75 Å². The lowest BCUT2D eigenvalue weighted by Crippen LogP contribution is -2.07. The number of anilines is 1. The highest BCUT2D eigenvalue weighted by molar-refractivity contribution is 6.30. The SMILES string of the molecule is O=C(/C=C/c1ccc(Cl)cc1)Nc1cccc(OCc2ccccc2)c1. The number of nitrogens with one attached hydrogen (secondary N) is 1. The Morgan fingerprint density at radius 1 is 0.962 bits per heavy atom. The first-order chi connectivity index (χ1) is 12.7. The molecule has 1 N–H and O–H groups in total. The molecule has 3 rings (SSSR count). The zero-order valence-electron chi connectivity index (χ0n) is 14.1. The summed E-state index contributed by atoms with van der Waals surface area (Å²) in [5.74, 6) is 0.494. The van der Waals surface area contributed by atoms with Crippen LogP contribution >= 0.6 is 11.6 Å². The Hall–Kier alpha value is -3.04. The maximum Gasteiger partial charge on any atom is 0.248 e. The zero-order valence-corrected chi connectivity index (χ0v) is 14.8. The van der Waals surface area contributed by atoms with Gasteiger partial charge in [-0.2, -0.15) is 0 Å². The molecule has 130 valence electrons. The van der Waals surface area contributed by atoms with Crippen LogP contribution in [0, 0.1) is 0 Å². The molecule has 0 saturated heterocycles. The first-order valence-electron chi connectivity index (χ1n) is 8.20. The summed E-state index contributed by atoms with van der Waals surface area (Å²) in [4.78, 5) is 12.1. The number of ether oxygens (including phenoxy) is 1. The molecule has 4 heteroatoms. The van der Waals surface area contributed by atoms with Gasteiger partial charge in [-0.15, -0.1) is 0 Å². The summed E-state index contributed by atoms with van der Waals surface area (Å²) in [6, 6.07) is 24.5. The summed E-state index contributed by atoms with van der Waals surface area (Å²) in [6.45, 7) is 0.481. The number of amides is 1. The first-order valence-corrected chi connectivity index (χ1v) is 8.58. The summed E-state index contributed by atoms with van der Waals surface area (Å²) in [5.41, 5.74) is 2.68. The van der Waals surface area contributed by atoms with Gasteiger partial charge in [-0.25, -0.2) is 0 Å². The van der Waals surface area contributed by atoms with E-state index in [0.29, 0.717) is 23.1 Å². The average molecular weight is 364 g/mol. The van der Waals surface area contributed by atoms with E-state index in [2.05, 4.69) is 5.32 Å². The lowest BCUT2D eigenvalue weighted by molar-refractivity contribution is -0.111. The van der Waals surface area contributed by atoms with E-state index in [0.717, 1.165) is 11.1 Å². The molecule has 0 aliphatic heterocycles. The van der Waals surface area contributed by atoms with Crippen molar-refractivity contribution in [2.24, 2.45) is 0 Å². The third-order valence-corrected chi connectivity index (χ3v) is 3.90. The number of hydrogen-bond donors (Lipinski definition) is 1. The standard InChI is InChI=1S/C22H18ClNO2/c23-19-12-9-17(10-13-19)11-14-22(25)24-20-7-4-8-21(15-20)26-16-18-5-2-1-3-6-18/h1-15H,16H2,(H,24,25)/b14-11+. The van der Waals surface area contributed by atoms with Crippen LogP contribution in [0.3, 0.4) is 0 Å². The van der Waals surface area contributed by atoms with Gasteiger partial charge in [0.05, 0.1) is 0 Å². The van der Waals surface area contributed by atoms with Gasteiger partial charge in [0.25, 0.3) is 0 Å². The minimum absolute atomic E-state index is 0.208. The van der Waals surface area contributed by atoms with E-state index in [1.54, 1.807) is 24.3 Å². The number of benzene rings is 3. The maximum atomic E-state index is 12.1. The van der Waals surface area contributed by atoms with Crippen LogP contribution in [-0.4, -0.2) is 5.91 Å². The maximum absolute atomic E-state index is 12.1. The Morgan fingerprint density at radius 3 is 2.50 bits per heavy atom. The Kier molecular flexibility index (Phi) is 6.07. The topological polar surface area (TPSA) is 38.3 Å². The molecule has 0 aromatic heterocycles. The second kappa shape index (κ2) is 8.88. The predicted molar refractivity (Wildman–Crippen MR) is 106 cm³/mol. The van der Waals surface area contributed by atoms with Gasteiger partial charge >= 0.3 is 0 Å². The molecule has 0 bridgehead atoms. The van der Waals surface area contributed by atoms with Gasteiger partial charge in [0, 0.05) is 22.9 Å². The number of carbonyl (C=O) groups excluding carboxylic acids is 1. The van der Waals surface area contributed by atoms with Crippen LogP contribution < -0.4 is 10.1 Å². The lowest BCUT2D eigenvalue weighted by Gasteiger charge is -2.08. The molecule has 0 aliphatic rings. The van der Waals surface area contributed by atoms with Crippen molar-refractivity contribution in [1.82, 2.24) is 0 Å². The summed E-state index contributed by atoms with van der Waals surface area (Å²) in [7, 11) is 0. The summed E-state index contributed by atoms with van der Waals surface area (Å²) >= 11 is 5.85. The van der Waals surface area contributed by atoms with Crippen molar-refractivity contribution in [2.45, 2.75) is 6.61 Å². The second-order valence-electron chi connectivity index (χ2n) is 5.68. The molecule has 1 amide bonds.